The number of aliphatic hydroxyl groups excluding tert-OH is 3. The molecule has 1 fully saturated rings. The second-order valence-corrected chi connectivity index (χ2v) is 11.0. The maximum absolute atomic E-state index is 13.8. The van der Waals surface area contributed by atoms with E-state index in [2.05, 4.69) is 0 Å². The fourth-order valence-corrected chi connectivity index (χ4v) is 6.49. The molecule has 7 nitrogen and oxygen atoms in total. The van der Waals surface area contributed by atoms with Crippen molar-refractivity contribution in [3.8, 4) is 5.75 Å². The molecule has 2 aromatic rings. The van der Waals surface area contributed by atoms with E-state index in [9.17, 15) is 34.4 Å². The highest BCUT2D eigenvalue weighted by Gasteiger charge is 2.54. The summed E-state index contributed by atoms with van der Waals surface area (Å²) in [5, 5.41) is 43.1. The summed E-state index contributed by atoms with van der Waals surface area (Å²) < 4.78 is 13.8. The van der Waals surface area contributed by atoms with Gasteiger partial charge in [-0.25, -0.2) is 4.39 Å². The van der Waals surface area contributed by atoms with E-state index in [1.807, 2.05) is 30.5 Å². The van der Waals surface area contributed by atoms with E-state index in [0.29, 0.717) is 23.1 Å². The maximum Gasteiger partial charge on any atom is 0.234 e. The molecule has 1 aliphatic heterocycles. The lowest BCUT2D eigenvalue weighted by atomic mass is 9.68. The van der Waals surface area contributed by atoms with E-state index in [1.165, 1.54) is 28.4 Å². The molecule has 0 radical (unpaired) electrons. The molecule has 2 amide bonds. The predicted octanol–water partition coefficient (Wildman–Crippen LogP) is 4.02. The molecule has 2 aliphatic rings. The summed E-state index contributed by atoms with van der Waals surface area (Å²) in [6.45, 7) is 1.40. The van der Waals surface area contributed by atoms with Gasteiger partial charge < -0.3 is 20.4 Å². The first-order chi connectivity index (χ1) is 18.3. The van der Waals surface area contributed by atoms with Gasteiger partial charge in [-0.15, -0.1) is 11.3 Å². The molecule has 0 saturated carbocycles. The smallest absolute Gasteiger partial charge is 0.234 e. The molecule has 1 aromatic heterocycles. The second-order valence-electron chi connectivity index (χ2n) is 10.0. The van der Waals surface area contributed by atoms with Gasteiger partial charge in [0.15, 0.2) is 11.6 Å². The average Bonchev–Trinajstić information content (AvgIpc) is 3.51. The van der Waals surface area contributed by atoms with Crippen LogP contribution in [0.3, 0.4) is 0 Å². The Hall–Kier alpha value is -2.85. The average molecular weight is 544 g/mol. The molecule has 38 heavy (non-hydrogen) atoms. The standard InChI is InChI=1S/C29H34FNO6S/c1-2-4-17(11-18-7-8-24(34)23(30)12-18)6-9-25(35)26-19(15-32)13-21-27(22(26)16-33)29(37)31(28(21)36)14-20-5-3-10-38-20/h3,5,7-8,10-12,21-22,25,27,32-35H,2,4,6,9,13-16H2,1H3/b17-11+/t21-,22+,25-,27-/m1/s1. The molecule has 0 unspecified atom stereocenters. The zero-order valence-electron chi connectivity index (χ0n) is 21.3. The lowest BCUT2D eigenvalue weighted by Gasteiger charge is -2.36. The van der Waals surface area contributed by atoms with Crippen molar-refractivity contribution in [2.24, 2.45) is 17.8 Å². The zero-order chi connectivity index (χ0) is 27.4. The first kappa shape index (κ1) is 28.2. The van der Waals surface area contributed by atoms with Gasteiger partial charge in [-0.2, -0.15) is 0 Å². The number of aliphatic hydroxyl groups is 3. The zero-order valence-corrected chi connectivity index (χ0v) is 22.2. The third kappa shape index (κ3) is 5.76. The van der Waals surface area contributed by atoms with Gasteiger partial charge in [0.2, 0.25) is 11.8 Å². The lowest BCUT2D eigenvalue weighted by molar-refractivity contribution is -0.140. The number of likely N-dealkylation sites (tertiary alicyclic amines) is 1. The van der Waals surface area contributed by atoms with Gasteiger partial charge >= 0.3 is 0 Å². The van der Waals surface area contributed by atoms with Crippen LogP contribution in [0.25, 0.3) is 6.08 Å². The number of halogens is 1. The third-order valence-corrected chi connectivity index (χ3v) is 8.43. The highest BCUT2D eigenvalue weighted by atomic mass is 32.1. The molecular formula is C29H34FNO6S. The number of nitrogens with zero attached hydrogens (tertiary/aromatic N) is 1. The van der Waals surface area contributed by atoms with Gasteiger partial charge in [0.25, 0.3) is 0 Å². The SMILES string of the molecule is CCC/C(=C\c1ccc(O)c(F)c1)CC[C@@H](O)C1=C(CO)C[C@H]2C(=O)N(Cc3cccs3)C(=O)[C@H]2[C@H]1CO. The Morgan fingerprint density at radius 2 is 2.00 bits per heavy atom. The van der Waals surface area contributed by atoms with E-state index in [0.717, 1.165) is 23.3 Å². The molecule has 0 bridgehead atoms. The minimum Gasteiger partial charge on any atom is -0.505 e. The first-order valence-electron chi connectivity index (χ1n) is 13.0. The highest BCUT2D eigenvalue weighted by molar-refractivity contribution is 7.09. The molecule has 0 spiro atoms. The van der Waals surface area contributed by atoms with Crippen molar-refractivity contribution in [2.45, 2.75) is 51.7 Å². The molecule has 1 saturated heterocycles. The molecule has 4 N–H and O–H groups in total. The van der Waals surface area contributed by atoms with Crippen molar-refractivity contribution in [3.05, 3.63) is 68.7 Å². The molecule has 4 atom stereocenters. The minimum absolute atomic E-state index is 0.167. The van der Waals surface area contributed by atoms with Gasteiger partial charge in [-0.1, -0.05) is 37.1 Å². The number of amides is 2. The van der Waals surface area contributed by atoms with E-state index in [4.69, 9.17) is 0 Å². The summed E-state index contributed by atoms with van der Waals surface area (Å²) in [7, 11) is 0. The van der Waals surface area contributed by atoms with Crippen LogP contribution in [-0.4, -0.2) is 56.5 Å². The van der Waals surface area contributed by atoms with Crippen molar-refractivity contribution in [1.29, 1.82) is 0 Å². The largest absolute Gasteiger partial charge is 0.505 e. The molecule has 9 heteroatoms. The number of allylic oxidation sites excluding steroid dienone is 1. The molecule has 1 aromatic carbocycles. The van der Waals surface area contributed by atoms with E-state index < -0.39 is 42.0 Å². The molecular weight excluding hydrogens is 509 g/mol. The van der Waals surface area contributed by atoms with Crippen molar-refractivity contribution >= 4 is 29.2 Å². The Morgan fingerprint density at radius 1 is 1.21 bits per heavy atom. The topological polar surface area (TPSA) is 118 Å². The van der Waals surface area contributed by atoms with Crippen molar-refractivity contribution in [2.75, 3.05) is 13.2 Å². The van der Waals surface area contributed by atoms with Crippen LogP contribution < -0.4 is 0 Å². The Kier molecular flexibility index (Phi) is 9.15. The number of rotatable bonds is 11. The number of phenols is 1. The fraction of sp³-hybridized carbons (Fsp3) is 0.448. The van der Waals surface area contributed by atoms with Crippen LogP contribution in [0.15, 0.2) is 52.4 Å². The van der Waals surface area contributed by atoms with Gasteiger partial charge in [-0.05, 0) is 66.0 Å². The fourth-order valence-electron chi connectivity index (χ4n) is 5.80. The van der Waals surface area contributed by atoms with Gasteiger partial charge in [0.05, 0.1) is 37.7 Å². The number of benzene rings is 1. The van der Waals surface area contributed by atoms with Gasteiger partial charge in [0, 0.05) is 10.8 Å². The van der Waals surface area contributed by atoms with E-state index in [1.54, 1.807) is 6.07 Å². The van der Waals surface area contributed by atoms with Crippen molar-refractivity contribution in [1.82, 2.24) is 4.90 Å². The van der Waals surface area contributed by atoms with Crippen LogP contribution >= 0.6 is 11.3 Å². The summed E-state index contributed by atoms with van der Waals surface area (Å²) in [5.41, 5.74) is 2.52. The van der Waals surface area contributed by atoms with Gasteiger partial charge in [-0.3, -0.25) is 14.5 Å². The second kappa shape index (κ2) is 12.3. The molecule has 1 aliphatic carbocycles. The summed E-state index contributed by atoms with van der Waals surface area (Å²) >= 11 is 1.45. The van der Waals surface area contributed by atoms with Crippen LogP contribution in [0.1, 0.15) is 49.5 Å². The van der Waals surface area contributed by atoms with E-state index in [-0.39, 0.29) is 37.8 Å². The summed E-state index contributed by atoms with van der Waals surface area (Å²) in [4.78, 5) is 28.7. The summed E-state index contributed by atoms with van der Waals surface area (Å²) in [6.07, 6.45) is 3.29. The van der Waals surface area contributed by atoms with E-state index >= 15 is 0 Å². The Morgan fingerprint density at radius 3 is 2.63 bits per heavy atom. The number of phenolic OH excluding ortho intramolecular Hbond substituents is 1. The molecule has 2 heterocycles. The third-order valence-electron chi connectivity index (χ3n) is 7.57. The van der Waals surface area contributed by atoms with Crippen LogP contribution in [-0.2, 0) is 16.1 Å². The number of hydrogen-bond acceptors (Lipinski definition) is 7. The van der Waals surface area contributed by atoms with Crippen LogP contribution in [0.5, 0.6) is 5.75 Å². The van der Waals surface area contributed by atoms with Crippen molar-refractivity contribution < 1.29 is 34.4 Å². The summed E-state index contributed by atoms with van der Waals surface area (Å²) in [5.74, 6) is -4.00. The van der Waals surface area contributed by atoms with Crippen LogP contribution in [0.2, 0.25) is 0 Å². The Labute approximate surface area is 225 Å². The molecule has 204 valence electrons. The number of carbonyl (C=O) groups is 2. The van der Waals surface area contributed by atoms with Crippen LogP contribution in [0, 0.1) is 23.6 Å². The number of hydrogen-bond donors (Lipinski definition) is 4. The predicted molar refractivity (Wildman–Crippen MR) is 142 cm³/mol. The number of carbonyl (C=O) groups excluding carboxylic acids is 2. The first-order valence-corrected chi connectivity index (χ1v) is 13.8. The quantitative estimate of drug-likeness (QED) is 0.251. The number of thiophene rings is 1. The number of fused-ring (bicyclic) bond motifs is 1. The number of aromatic hydroxyl groups is 1. The van der Waals surface area contributed by atoms with Crippen LogP contribution in [0.4, 0.5) is 4.39 Å². The Balaban J connectivity index is 1.54. The van der Waals surface area contributed by atoms with Gasteiger partial charge in [0.1, 0.15) is 0 Å². The number of imide groups is 1. The van der Waals surface area contributed by atoms with Crippen molar-refractivity contribution in [3.63, 3.8) is 0 Å². The Bertz CT molecular complexity index is 1220. The normalized spacial score (nSPS) is 22.8. The monoisotopic (exact) mass is 543 g/mol. The molecule has 4 rings (SSSR count). The maximum atomic E-state index is 13.8. The lowest BCUT2D eigenvalue weighted by Crippen LogP contribution is -2.39. The minimum atomic E-state index is -1.03. The highest BCUT2D eigenvalue weighted by Crippen LogP contribution is 2.46. The summed E-state index contributed by atoms with van der Waals surface area (Å²) in [6, 6.07) is 7.88.